The molecule has 8 nitrogen and oxygen atoms in total. The summed E-state index contributed by atoms with van der Waals surface area (Å²) in [4.78, 5) is 28.7. The predicted octanol–water partition coefficient (Wildman–Crippen LogP) is 1.95. The molecule has 1 aliphatic rings. The molecule has 2 heterocycles. The Balaban J connectivity index is 1.21. The highest BCUT2D eigenvalue weighted by Gasteiger charge is 2.23. The van der Waals surface area contributed by atoms with Crippen molar-refractivity contribution in [3.05, 3.63) is 78.0 Å². The highest BCUT2D eigenvalue weighted by molar-refractivity contribution is 5.95. The zero-order chi connectivity index (χ0) is 22.3. The molecule has 3 aromatic rings. The Bertz CT molecular complexity index is 1030. The number of nitrogens with one attached hydrogen (secondary N) is 1. The molecule has 32 heavy (non-hydrogen) atoms. The van der Waals surface area contributed by atoms with Gasteiger partial charge in [0.25, 0.3) is 5.91 Å². The second kappa shape index (κ2) is 10.2. The fourth-order valence-electron chi connectivity index (χ4n) is 3.68. The smallest absolute Gasteiger partial charge is 0.273 e. The summed E-state index contributed by atoms with van der Waals surface area (Å²) in [6.07, 6.45) is -0.555. The van der Waals surface area contributed by atoms with Crippen LogP contribution in [0.1, 0.15) is 22.2 Å². The molecule has 0 aliphatic carbocycles. The van der Waals surface area contributed by atoms with Gasteiger partial charge in [-0.2, -0.15) is 0 Å². The summed E-state index contributed by atoms with van der Waals surface area (Å²) in [5, 5.41) is 16.8. The molecule has 2 amide bonds. The molecule has 2 aromatic carbocycles. The summed E-state index contributed by atoms with van der Waals surface area (Å²) in [5.74, 6) is -0.0989. The van der Waals surface area contributed by atoms with Crippen molar-refractivity contribution in [3.8, 4) is 11.3 Å². The SMILES string of the molecule is O=C(NCC(=O)N1CCN(CC(O)c2ccccc2)CC1)c1cc(-c2ccccc2)on1. The van der Waals surface area contributed by atoms with Crippen molar-refractivity contribution < 1.29 is 19.2 Å². The Morgan fingerprint density at radius 1 is 1.00 bits per heavy atom. The Kier molecular flexibility index (Phi) is 6.94. The van der Waals surface area contributed by atoms with Crippen LogP contribution in [0.15, 0.2) is 71.3 Å². The third kappa shape index (κ3) is 5.40. The minimum absolute atomic E-state index is 0.0982. The van der Waals surface area contributed by atoms with E-state index in [1.54, 1.807) is 11.0 Å². The summed E-state index contributed by atoms with van der Waals surface area (Å²) >= 11 is 0. The Hall–Kier alpha value is -3.49. The first-order valence-electron chi connectivity index (χ1n) is 10.6. The minimum Gasteiger partial charge on any atom is -0.387 e. The minimum atomic E-state index is -0.555. The van der Waals surface area contributed by atoms with Crippen LogP contribution in [-0.4, -0.2) is 71.1 Å². The lowest BCUT2D eigenvalue weighted by atomic mass is 10.1. The van der Waals surface area contributed by atoms with Crippen LogP contribution < -0.4 is 5.32 Å². The molecular weight excluding hydrogens is 408 g/mol. The molecular formula is C24H26N4O4. The number of amides is 2. The lowest BCUT2D eigenvalue weighted by Crippen LogP contribution is -2.51. The first-order chi connectivity index (χ1) is 15.6. The summed E-state index contributed by atoms with van der Waals surface area (Å²) in [6, 6.07) is 20.5. The summed E-state index contributed by atoms with van der Waals surface area (Å²) in [7, 11) is 0. The number of hydrogen-bond acceptors (Lipinski definition) is 6. The highest BCUT2D eigenvalue weighted by atomic mass is 16.5. The number of nitrogens with zero attached hydrogens (tertiary/aromatic N) is 3. The molecule has 0 radical (unpaired) electrons. The Morgan fingerprint density at radius 2 is 1.66 bits per heavy atom. The lowest BCUT2D eigenvalue weighted by molar-refractivity contribution is -0.132. The number of carbonyl (C=O) groups excluding carboxylic acids is 2. The van der Waals surface area contributed by atoms with Gasteiger partial charge >= 0.3 is 0 Å². The molecule has 2 N–H and O–H groups in total. The third-order valence-electron chi connectivity index (χ3n) is 5.54. The molecule has 1 aliphatic heterocycles. The van der Waals surface area contributed by atoms with Crippen LogP contribution in [-0.2, 0) is 4.79 Å². The normalized spacial score (nSPS) is 15.3. The topological polar surface area (TPSA) is 98.9 Å². The first kappa shape index (κ1) is 21.7. The maximum absolute atomic E-state index is 12.5. The van der Waals surface area contributed by atoms with Gasteiger partial charge in [-0.1, -0.05) is 65.8 Å². The maximum atomic E-state index is 12.5. The molecule has 166 valence electrons. The largest absolute Gasteiger partial charge is 0.387 e. The van der Waals surface area contributed by atoms with E-state index in [1.807, 2.05) is 60.7 Å². The standard InChI is InChI=1S/C24H26N4O4/c29-21(18-7-3-1-4-8-18)17-27-11-13-28(14-12-27)23(30)16-25-24(31)20-15-22(32-26-20)19-9-5-2-6-10-19/h1-10,15,21,29H,11-14,16-17H2,(H,25,31). The molecule has 0 saturated carbocycles. The maximum Gasteiger partial charge on any atom is 0.273 e. The monoisotopic (exact) mass is 434 g/mol. The first-order valence-corrected chi connectivity index (χ1v) is 10.6. The van der Waals surface area contributed by atoms with Gasteiger partial charge in [-0.05, 0) is 5.56 Å². The van der Waals surface area contributed by atoms with Crippen LogP contribution in [0.5, 0.6) is 0 Å². The van der Waals surface area contributed by atoms with Gasteiger partial charge in [0.1, 0.15) is 0 Å². The zero-order valence-corrected chi connectivity index (χ0v) is 17.7. The van der Waals surface area contributed by atoms with Crippen molar-refractivity contribution in [3.63, 3.8) is 0 Å². The van der Waals surface area contributed by atoms with Gasteiger partial charge in [-0.3, -0.25) is 14.5 Å². The van der Waals surface area contributed by atoms with E-state index in [1.165, 1.54) is 0 Å². The number of piperazine rings is 1. The van der Waals surface area contributed by atoms with Crippen LogP contribution in [0.25, 0.3) is 11.3 Å². The van der Waals surface area contributed by atoms with Crippen LogP contribution in [0.3, 0.4) is 0 Å². The quantitative estimate of drug-likeness (QED) is 0.590. The fourth-order valence-corrected chi connectivity index (χ4v) is 3.68. The van der Waals surface area contributed by atoms with Gasteiger partial charge in [0.05, 0.1) is 12.6 Å². The molecule has 0 spiro atoms. The number of β-amino-alcohol motifs (C(OH)–C–C–N with tert-alkyl or cyclic N) is 1. The Labute approximate surface area is 186 Å². The van der Waals surface area contributed by atoms with Gasteiger partial charge in [0.2, 0.25) is 5.91 Å². The second-order valence-electron chi connectivity index (χ2n) is 7.73. The zero-order valence-electron chi connectivity index (χ0n) is 17.7. The van der Waals surface area contributed by atoms with Gasteiger partial charge in [0.15, 0.2) is 11.5 Å². The molecule has 1 aromatic heterocycles. The molecule has 8 heteroatoms. The van der Waals surface area contributed by atoms with Crippen molar-refractivity contribution >= 4 is 11.8 Å². The van der Waals surface area contributed by atoms with E-state index < -0.39 is 12.0 Å². The number of carbonyl (C=O) groups is 2. The second-order valence-corrected chi connectivity index (χ2v) is 7.73. The average Bonchev–Trinajstić information content (AvgIpc) is 3.34. The van der Waals surface area contributed by atoms with Crippen LogP contribution in [0.4, 0.5) is 0 Å². The summed E-state index contributed by atoms with van der Waals surface area (Å²) in [5.41, 5.74) is 1.85. The van der Waals surface area contributed by atoms with E-state index in [0.717, 1.165) is 11.1 Å². The Morgan fingerprint density at radius 3 is 2.34 bits per heavy atom. The van der Waals surface area contributed by atoms with E-state index in [-0.39, 0.29) is 18.1 Å². The summed E-state index contributed by atoms with van der Waals surface area (Å²) in [6.45, 7) is 2.88. The highest BCUT2D eigenvalue weighted by Crippen LogP contribution is 2.19. The van der Waals surface area contributed by atoms with Crippen LogP contribution >= 0.6 is 0 Å². The summed E-state index contributed by atoms with van der Waals surface area (Å²) < 4.78 is 5.24. The fraction of sp³-hybridized carbons (Fsp3) is 0.292. The van der Waals surface area contributed by atoms with E-state index in [0.29, 0.717) is 38.5 Å². The average molecular weight is 434 g/mol. The van der Waals surface area contributed by atoms with E-state index in [2.05, 4.69) is 15.4 Å². The lowest BCUT2D eigenvalue weighted by Gasteiger charge is -2.35. The number of benzene rings is 2. The molecule has 0 bridgehead atoms. The third-order valence-corrected chi connectivity index (χ3v) is 5.54. The molecule has 4 rings (SSSR count). The van der Waals surface area contributed by atoms with Crippen LogP contribution in [0, 0.1) is 0 Å². The van der Waals surface area contributed by atoms with Crippen LogP contribution in [0.2, 0.25) is 0 Å². The number of aromatic nitrogens is 1. The van der Waals surface area contributed by atoms with Crippen molar-refractivity contribution in [1.82, 2.24) is 20.3 Å². The van der Waals surface area contributed by atoms with E-state index in [9.17, 15) is 14.7 Å². The predicted molar refractivity (Wildman–Crippen MR) is 119 cm³/mol. The van der Waals surface area contributed by atoms with Gasteiger partial charge in [-0.15, -0.1) is 0 Å². The molecule has 1 atom stereocenters. The number of hydrogen-bond donors (Lipinski definition) is 2. The van der Waals surface area contributed by atoms with E-state index in [4.69, 9.17) is 4.52 Å². The number of aliphatic hydroxyl groups excluding tert-OH is 1. The van der Waals surface area contributed by atoms with Crippen molar-refractivity contribution in [2.24, 2.45) is 0 Å². The van der Waals surface area contributed by atoms with E-state index >= 15 is 0 Å². The van der Waals surface area contributed by atoms with Gasteiger partial charge in [-0.25, -0.2) is 0 Å². The molecule has 1 unspecified atom stereocenters. The van der Waals surface area contributed by atoms with Crippen molar-refractivity contribution in [1.29, 1.82) is 0 Å². The van der Waals surface area contributed by atoms with Gasteiger partial charge < -0.3 is 19.8 Å². The van der Waals surface area contributed by atoms with Crippen molar-refractivity contribution in [2.45, 2.75) is 6.10 Å². The molecule has 1 fully saturated rings. The number of rotatable bonds is 7. The number of aliphatic hydroxyl groups is 1. The van der Waals surface area contributed by atoms with Gasteiger partial charge in [0, 0.05) is 44.4 Å². The van der Waals surface area contributed by atoms with Crippen molar-refractivity contribution in [2.75, 3.05) is 39.3 Å². The molecule has 1 saturated heterocycles.